The normalized spacial score (nSPS) is 12.5. The molecule has 0 heterocycles. The van der Waals surface area contributed by atoms with Gasteiger partial charge < -0.3 is 10.8 Å². The number of hydrogen-bond acceptors (Lipinski definition) is 2. The molecule has 1 rings (SSSR count). The van der Waals surface area contributed by atoms with Gasteiger partial charge in [0.1, 0.15) is 0 Å². The topological polar surface area (TPSA) is 63.3 Å². The van der Waals surface area contributed by atoms with Gasteiger partial charge in [-0.3, -0.25) is 4.79 Å². The van der Waals surface area contributed by atoms with Crippen LogP contribution in [0.4, 0.5) is 0 Å². The Morgan fingerprint density at radius 3 is 2.79 bits per heavy atom. The van der Waals surface area contributed by atoms with Crippen LogP contribution in [-0.2, 0) is 4.79 Å². The molecule has 1 aromatic rings. The van der Waals surface area contributed by atoms with E-state index in [0.29, 0.717) is 0 Å². The number of halogens is 1. The average Bonchev–Trinajstić information content (AvgIpc) is 2.11. The quantitative estimate of drug-likeness (QED) is 0.870. The molecule has 0 aliphatic rings. The van der Waals surface area contributed by atoms with Crippen molar-refractivity contribution in [3.05, 3.63) is 33.8 Å². The van der Waals surface area contributed by atoms with E-state index in [9.17, 15) is 4.79 Å². The van der Waals surface area contributed by atoms with E-state index in [1.807, 2.05) is 19.1 Å². The molecule has 1 aromatic carbocycles. The summed E-state index contributed by atoms with van der Waals surface area (Å²) in [6, 6.07) is 5.57. The highest BCUT2D eigenvalue weighted by Crippen LogP contribution is 2.23. The minimum atomic E-state index is -0.881. The van der Waals surface area contributed by atoms with Crippen molar-refractivity contribution in [1.82, 2.24) is 0 Å². The summed E-state index contributed by atoms with van der Waals surface area (Å²) in [6.07, 6.45) is 0. The summed E-state index contributed by atoms with van der Waals surface area (Å²) in [4.78, 5) is 10.9. The van der Waals surface area contributed by atoms with Gasteiger partial charge in [-0.05, 0) is 30.2 Å². The molecular weight excluding hydrogens is 246 g/mol. The fourth-order valence-electron chi connectivity index (χ4n) is 1.35. The lowest BCUT2D eigenvalue weighted by atomic mass is 9.95. The number of benzene rings is 1. The molecule has 3 nitrogen and oxygen atoms in total. The Balaban J connectivity index is 3.15. The van der Waals surface area contributed by atoms with Crippen LogP contribution >= 0.6 is 15.9 Å². The first-order chi connectivity index (χ1) is 6.56. The number of carbonyl (C=O) groups is 1. The molecule has 0 aliphatic heterocycles. The van der Waals surface area contributed by atoms with Gasteiger partial charge in [-0.15, -0.1) is 0 Å². The Morgan fingerprint density at radius 2 is 2.29 bits per heavy atom. The lowest BCUT2D eigenvalue weighted by molar-refractivity contribution is -0.138. The van der Waals surface area contributed by atoms with Crippen LogP contribution in [0.15, 0.2) is 22.7 Å². The predicted molar refractivity (Wildman–Crippen MR) is 58.3 cm³/mol. The number of aliphatic carboxylic acids is 1. The molecule has 0 saturated heterocycles. The van der Waals surface area contributed by atoms with E-state index in [4.69, 9.17) is 10.8 Å². The summed E-state index contributed by atoms with van der Waals surface area (Å²) >= 11 is 3.31. The first-order valence-electron chi connectivity index (χ1n) is 4.25. The molecule has 0 spiro atoms. The van der Waals surface area contributed by atoms with Crippen molar-refractivity contribution < 1.29 is 9.90 Å². The van der Waals surface area contributed by atoms with Crippen molar-refractivity contribution in [3.63, 3.8) is 0 Å². The van der Waals surface area contributed by atoms with E-state index in [1.54, 1.807) is 6.07 Å². The molecular formula is C10H12BrNO2. The van der Waals surface area contributed by atoms with E-state index >= 15 is 0 Å². The number of carboxylic acid groups (broad SMARTS) is 1. The van der Waals surface area contributed by atoms with Crippen LogP contribution in [0.25, 0.3) is 0 Å². The Bertz CT molecular complexity index is 352. The van der Waals surface area contributed by atoms with Gasteiger partial charge in [-0.2, -0.15) is 0 Å². The largest absolute Gasteiger partial charge is 0.481 e. The van der Waals surface area contributed by atoms with E-state index < -0.39 is 11.9 Å². The van der Waals surface area contributed by atoms with Gasteiger partial charge in [0, 0.05) is 11.0 Å². The zero-order valence-corrected chi connectivity index (χ0v) is 9.41. The van der Waals surface area contributed by atoms with Crippen molar-refractivity contribution >= 4 is 21.9 Å². The van der Waals surface area contributed by atoms with Gasteiger partial charge in [-0.25, -0.2) is 0 Å². The Kier molecular flexibility index (Phi) is 3.66. The van der Waals surface area contributed by atoms with E-state index in [1.165, 1.54) is 0 Å². The minimum absolute atomic E-state index is 0.118. The van der Waals surface area contributed by atoms with Crippen LogP contribution < -0.4 is 5.73 Å². The average molecular weight is 258 g/mol. The van der Waals surface area contributed by atoms with Crippen LogP contribution in [0.1, 0.15) is 17.0 Å². The zero-order chi connectivity index (χ0) is 10.7. The Labute approximate surface area is 91.1 Å². The van der Waals surface area contributed by atoms with E-state index in [2.05, 4.69) is 15.9 Å². The number of rotatable bonds is 3. The summed E-state index contributed by atoms with van der Waals surface area (Å²) in [5.74, 6) is -1.50. The summed E-state index contributed by atoms with van der Waals surface area (Å²) in [5, 5.41) is 8.95. The maximum absolute atomic E-state index is 10.9. The molecule has 76 valence electrons. The molecule has 1 unspecified atom stereocenters. The van der Waals surface area contributed by atoms with Crippen molar-refractivity contribution in [2.24, 2.45) is 5.73 Å². The maximum atomic E-state index is 10.9. The summed E-state index contributed by atoms with van der Waals surface area (Å²) in [6.45, 7) is 2.00. The van der Waals surface area contributed by atoms with Gasteiger partial charge in [0.15, 0.2) is 0 Å². The van der Waals surface area contributed by atoms with Crippen LogP contribution in [0.3, 0.4) is 0 Å². The van der Waals surface area contributed by atoms with Gasteiger partial charge in [-0.1, -0.05) is 22.0 Å². The highest BCUT2D eigenvalue weighted by molar-refractivity contribution is 9.10. The van der Waals surface area contributed by atoms with Crippen LogP contribution in [0.5, 0.6) is 0 Å². The molecule has 0 aliphatic carbocycles. The van der Waals surface area contributed by atoms with E-state index in [-0.39, 0.29) is 6.54 Å². The molecule has 14 heavy (non-hydrogen) atoms. The molecule has 0 fully saturated rings. The monoisotopic (exact) mass is 257 g/mol. The van der Waals surface area contributed by atoms with Gasteiger partial charge >= 0.3 is 5.97 Å². The second-order valence-electron chi connectivity index (χ2n) is 3.13. The zero-order valence-electron chi connectivity index (χ0n) is 7.83. The second kappa shape index (κ2) is 4.57. The fraction of sp³-hybridized carbons (Fsp3) is 0.300. The van der Waals surface area contributed by atoms with Gasteiger partial charge in [0.25, 0.3) is 0 Å². The Morgan fingerprint density at radius 1 is 1.64 bits per heavy atom. The predicted octanol–water partition coefficient (Wildman–Crippen LogP) is 1.88. The lowest BCUT2D eigenvalue weighted by Crippen LogP contribution is -2.21. The molecule has 0 saturated carbocycles. The number of carboxylic acids is 1. The second-order valence-corrected chi connectivity index (χ2v) is 4.04. The fourth-order valence-corrected chi connectivity index (χ4v) is 1.73. The summed E-state index contributed by atoms with van der Waals surface area (Å²) in [7, 11) is 0. The van der Waals surface area contributed by atoms with Crippen LogP contribution in [0, 0.1) is 6.92 Å². The molecule has 3 N–H and O–H groups in total. The maximum Gasteiger partial charge on any atom is 0.312 e. The molecule has 0 bridgehead atoms. The first kappa shape index (κ1) is 11.2. The SMILES string of the molecule is Cc1ccc(Br)cc1C(CN)C(=O)O. The van der Waals surface area contributed by atoms with Crippen LogP contribution in [0.2, 0.25) is 0 Å². The third kappa shape index (κ3) is 2.33. The highest BCUT2D eigenvalue weighted by atomic mass is 79.9. The van der Waals surface area contributed by atoms with Gasteiger partial charge in [0.2, 0.25) is 0 Å². The molecule has 0 aromatic heterocycles. The molecule has 0 radical (unpaired) electrons. The molecule has 0 amide bonds. The smallest absolute Gasteiger partial charge is 0.312 e. The summed E-state index contributed by atoms with van der Waals surface area (Å²) < 4.78 is 0.873. The van der Waals surface area contributed by atoms with Crippen molar-refractivity contribution in [3.8, 4) is 0 Å². The number of hydrogen-bond donors (Lipinski definition) is 2. The van der Waals surface area contributed by atoms with Crippen LogP contribution in [-0.4, -0.2) is 17.6 Å². The molecule has 4 heteroatoms. The van der Waals surface area contributed by atoms with Crippen molar-refractivity contribution in [1.29, 1.82) is 0 Å². The standard InChI is InChI=1S/C10H12BrNO2/c1-6-2-3-7(11)4-8(6)9(5-12)10(13)14/h2-4,9H,5,12H2,1H3,(H,13,14). The summed E-state index contributed by atoms with van der Waals surface area (Å²) in [5.41, 5.74) is 7.15. The van der Waals surface area contributed by atoms with Crippen molar-refractivity contribution in [2.75, 3.05) is 6.54 Å². The number of aryl methyl sites for hydroxylation is 1. The third-order valence-corrected chi connectivity index (χ3v) is 2.64. The Hall–Kier alpha value is -0.870. The minimum Gasteiger partial charge on any atom is -0.481 e. The number of nitrogens with two attached hydrogens (primary N) is 1. The third-order valence-electron chi connectivity index (χ3n) is 2.15. The van der Waals surface area contributed by atoms with Crippen molar-refractivity contribution in [2.45, 2.75) is 12.8 Å². The highest BCUT2D eigenvalue weighted by Gasteiger charge is 2.19. The van der Waals surface area contributed by atoms with Gasteiger partial charge in [0.05, 0.1) is 5.92 Å². The van der Waals surface area contributed by atoms with E-state index in [0.717, 1.165) is 15.6 Å². The molecule has 1 atom stereocenters. The first-order valence-corrected chi connectivity index (χ1v) is 5.04. The lowest BCUT2D eigenvalue weighted by Gasteiger charge is -2.13.